The first kappa shape index (κ1) is 15.5. The molecule has 0 aromatic heterocycles. The fraction of sp³-hybridized carbons (Fsp3) is 0.222. The lowest BCUT2D eigenvalue weighted by molar-refractivity contribution is -0.116. The van der Waals surface area contributed by atoms with Crippen molar-refractivity contribution < 1.29 is 4.79 Å². The Balaban J connectivity index is 2.19. The van der Waals surface area contributed by atoms with E-state index in [-0.39, 0.29) is 18.5 Å². The number of hydrogen-bond donors (Lipinski definition) is 2. The molecule has 0 saturated carbocycles. The summed E-state index contributed by atoms with van der Waals surface area (Å²) in [6.45, 7) is 2.23. The molecule has 1 amide bonds. The maximum absolute atomic E-state index is 12.3. The van der Waals surface area contributed by atoms with Crippen LogP contribution < -0.4 is 10.6 Å². The van der Waals surface area contributed by atoms with Gasteiger partial charge in [0.25, 0.3) is 0 Å². The molecule has 1 aliphatic rings. The monoisotopic (exact) mass is 325 g/mol. The summed E-state index contributed by atoms with van der Waals surface area (Å²) in [7, 11) is 1.78. The number of carbonyl (C=O) groups excluding carboxylic acids is 1. The summed E-state index contributed by atoms with van der Waals surface area (Å²) in [5.74, 6) is -0.0621. The van der Waals surface area contributed by atoms with E-state index in [4.69, 9.17) is 12.2 Å². The number of thiocarbonyl (C=S) groups is 1. The topological polar surface area (TPSA) is 44.4 Å². The number of nitrogens with one attached hydrogen (secondary N) is 2. The maximum Gasteiger partial charge on any atom is 0.244 e. The van der Waals surface area contributed by atoms with Crippen molar-refractivity contribution in [3.8, 4) is 0 Å². The maximum atomic E-state index is 12.3. The summed E-state index contributed by atoms with van der Waals surface area (Å²) in [5.41, 5.74) is 4.11. The van der Waals surface area contributed by atoms with E-state index in [1.165, 1.54) is 0 Å². The van der Waals surface area contributed by atoms with Gasteiger partial charge in [0.2, 0.25) is 5.91 Å². The largest absolute Gasteiger partial charge is 0.366 e. The van der Waals surface area contributed by atoms with Crippen LogP contribution in [0.3, 0.4) is 0 Å². The summed E-state index contributed by atoms with van der Waals surface area (Å²) in [6.07, 6.45) is 0. The molecule has 3 rings (SSSR count). The summed E-state index contributed by atoms with van der Waals surface area (Å²) in [4.78, 5) is 14.3. The van der Waals surface area contributed by atoms with E-state index in [0.29, 0.717) is 5.11 Å². The quantitative estimate of drug-likeness (QED) is 0.792. The molecule has 0 aliphatic carbocycles. The van der Waals surface area contributed by atoms with Crippen LogP contribution in [-0.2, 0) is 4.79 Å². The number of amides is 1. The van der Waals surface area contributed by atoms with Crippen molar-refractivity contribution in [3.63, 3.8) is 0 Å². The highest BCUT2D eigenvalue weighted by Gasteiger charge is 2.31. The molecule has 23 heavy (non-hydrogen) atoms. The molecule has 2 aromatic rings. The second kappa shape index (κ2) is 6.38. The van der Waals surface area contributed by atoms with Crippen molar-refractivity contribution in [2.75, 3.05) is 18.9 Å². The number of carbonyl (C=O) groups is 1. The van der Waals surface area contributed by atoms with E-state index in [1.807, 2.05) is 36.1 Å². The fourth-order valence-corrected chi connectivity index (χ4v) is 3.12. The Kier molecular flexibility index (Phi) is 4.30. The van der Waals surface area contributed by atoms with Gasteiger partial charge in [0.1, 0.15) is 6.54 Å². The smallest absolute Gasteiger partial charge is 0.244 e. The summed E-state index contributed by atoms with van der Waals surface area (Å²) in [5, 5.41) is 6.56. The Morgan fingerprint density at radius 3 is 2.70 bits per heavy atom. The van der Waals surface area contributed by atoms with Gasteiger partial charge in [-0.3, -0.25) is 4.79 Å². The first-order chi connectivity index (χ1) is 11.1. The van der Waals surface area contributed by atoms with E-state index >= 15 is 0 Å². The summed E-state index contributed by atoms with van der Waals surface area (Å²) < 4.78 is 0. The van der Waals surface area contributed by atoms with Gasteiger partial charge in [-0.2, -0.15) is 0 Å². The van der Waals surface area contributed by atoms with Gasteiger partial charge < -0.3 is 15.5 Å². The first-order valence-corrected chi connectivity index (χ1v) is 7.94. The molecule has 0 spiro atoms. The molecule has 2 N–H and O–H groups in total. The Morgan fingerprint density at radius 1 is 1.26 bits per heavy atom. The number of benzene rings is 2. The van der Waals surface area contributed by atoms with Crippen LogP contribution in [0, 0.1) is 6.92 Å². The number of aryl methyl sites for hydroxylation is 1. The van der Waals surface area contributed by atoms with Crippen LogP contribution in [-0.4, -0.2) is 29.5 Å². The third-order valence-corrected chi connectivity index (χ3v) is 4.43. The average Bonchev–Trinajstić information content (AvgIpc) is 2.70. The van der Waals surface area contributed by atoms with Crippen molar-refractivity contribution >= 4 is 28.9 Å². The standard InChI is InChI=1S/C18H19N3OS/c1-12-8-9-14-15(10-12)20-16(22)11-21(18(23)19-2)17(14)13-6-4-3-5-7-13/h3-10,17H,11H2,1-2H3,(H,19,23)(H,20,22)/t17-/m1/s1. The van der Waals surface area contributed by atoms with E-state index in [9.17, 15) is 4.79 Å². The molecule has 2 aromatic carbocycles. The zero-order valence-electron chi connectivity index (χ0n) is 13.2. The molecule has 4 nitrogen and oxygen atoms in total. The van der Waals surface area contributed by atoms with Crippen LogP contribution in [0.4, 0.5) is 5.69 Å². The zero-order chi connectivity index (χ0) is 16.4. The predicted molar refractivity (Wildman–Crippen MR) is 96.5 cm³/mol. The third-order valence-electron chi connectivity index (χ3n) is 3.99. The van der Waals surface area contributed by atoms with Crippen molar-refractivity contribution in [1.82, 2.24) is 10.2 Å². The SMILES string of the molecule is CNC(=S)N1CC(=O)Nc2cc(C)ccc2[C@H]1c1ccccc1. The minimum atomic E-state index is -0.106. The van der Waals surface area contributed by atoms with Crippen molar-refractivity contribution in [3.05, 3.63) is 65.2 Å². The average molecular weight is 325 g/mol. The van der Waals surface area contributed by atoms with Crippen molar-refractivity contribution in [2.24, 2.45) is 0 Å². The second-order valence-electron chi connectivity index (χ2n) is 5.64. The van der Waals surface area contributed by atoms with Gasteiger partial charge in [-0.1, -0.05) is 42.5 Å². The summed E-state index contributed by atoms with van der Waals surface area (Å²) >= 11 is 5.46. The van der Waals surface area contributed by atoms with Gasteiger partial charge in [-0.15, -0.1) is 0 Å². The van der Waals surface area contributed by atoms with Crippen LogP contribution >= 0.6 is 12.2 Å². The van der Waals surface area contributed by atoms with Crippen LogP contribution in [0.15, 0.2) is 48.5 Å². The number of rotatable bonds is 1. The van der Waals surface area contributed by atoms with Crippen molar-refractivity contribution in [2.45, 2.75) is 13.0 Å². The van der Waals surface area contributed by atoms with Crippen molar-refractivity contribution in [1.29, 1.82) is 0 Å². The first-order valence-electron chi connectivity index (χ1n) is 7.54. The van der Waals surface area contributed by atoms with Crippen LogP contribution in [0.25, 0.3) is 0 Å². The molecule has 1 heterocycles. The lowest BCUT2D eigenvalue weighted by Crippen LogP contribution is -2.43. The number of hydrogen-bond acceptors (Lipinski definition) is 2. The molecular formula is C18H19N3OS. The molecule has 0 saturated heterocycles. The second-order valence-corrected chi connectivity index (χ2v) is 6.02. The molecule has 1 atom stereocenters. The minimum Gasteiger partial charge on any atom is -0.366 e. The van der Waals surface area contributed by atoms with E-state index in [0.717, 1.165) is 22.4 Å². The van der Waals surface area contributed by atoms with Gasteiger partial charge in [0, 0.05) is 18.3 Å². The molecule has 0 unspecified atom stereocenters. The number of anilines is 1. The molecule has 0 radical (unpaired) electrons. The third kappa shape index (κ3) is 3.05. The highest BCUT2D eigenvalue weighted by atomic mass is 32.1. The number of fused-ring (bicyclic) bond motifs is 1. The Morgan fingerprint density at radius 2 is 2.00 bits per heavy atom. The Bertz CT molecular complexity index is 745. The Hall–Kier alpha value is -2.40. The lowest BCUT2D eigenvalue weighted by Gasteiger charge is -2.32. The molecule has 118 valence electrons. The van der Waals surface area contributed by atoms with Crippen LogP contribution in [0.2, 0.25) is 0 Å². The van der Waals surface area contributed by atoms with Gasteiger partial charge in [-0.25, -0.2) is 0 Å². The fourth-order valence-electron chi connectivity index (χ4n) is 2.95. The molecule has 5 heteroatoms. The zero-order valence-corrected chi connectivity index (χ0v) is 14.0. The Labute approximate surface area is 141 Å². The van der Waals surface area contributed by atoms with E-state index in [2.05, 4.69) is 34.9 Å². The van der Waals surface area contributed by atoms with E-state index in [1.54, 1.807) is 7.05 Å². The van der Waals surface area contributed by atoms with Gasteiger partial charge in [-0.05, 0) is 36.3 Å². The molecule has 1 aliphatic heterocycles. The normalized spacial score (nSPS) is 17.0. The molecule has 0 fully saturated rings. The predicted octanol–water partition coefficient (Wildman–Crippen LogP) is 2.84. The highest BCUT2D eigenvalue weighted by Crippen LogP contribution is 2.36. The molecule has 0 bridgehead atoms. The van der Waals surface area contributed by atoms with Crippen LogP contribution in [0.1, 0.15) is 22.7 Å². The van der Waals surface area contributed by atoms with Gasteiger partial charge >= 0.3 is 0 Å². The van der Waals surface area contributed by atoms with E-state index < -0.39 is 0 Å². The number of nitrogens with zero attached hydrogens (tertiary/aromatic N) is 1. The molecular weight excluding hydrogens is 306 g/mol. The van der Waals surface area contributed by atoms with Gasteiger partial charge in [0.15, 0.2) is 5.11 Å². The van der Waals surface area contributed by atoms with Gasteiger partial charge in [0.05, 0.1) is 6.04 Å². The van der Waals surface area contributed by atoms with Crippen LogP contribution in [0.5, 0.6) is 0 Å². The minimum absolute atomic E-state index is 0.0621. The lowest BCUT2D eigenvalue weighted by atomic mass is 9.95. The highest BCUT2D eigenvalue weighted by molar-refractivity contribution is 7.80. The summed E-state index contributed by atoms with van der Waals surface area (Å²) in [6, 6.07) is 16.2.